The molecule has 2 unspecified atom stereocenters. The van der Waals surface area contributed by atoms with E-state index >= 15 is 0 Å². The van der Waals surface area contributed by atoms with E-state index in [2.05, 4.69) is 33.6 Å². The predicted molar refractivity (Wildman–Crippen MR) is 179 cm³/mol. The molecule has 0 amide bonds. The van der Waals surface area contributed by atoms with Crippen LogP contribution < -0.4 is 0 Å². The molecular formula is C36H50BrClN2O6. The van der Waals surface area contributed by atoms with E-state index in [-0.39, 0.29) is 37.0 Å². The van der Waals surface area contributed by atoms with Crippen molar-refractivity contribution in [2.45, 2.75) is 122 Å². The van der Waals surface area contributed by atoms with Crippen LogP contribution in [0.2, 0.25) is 0 Å². The first kappa shape index (κ1) is 34.2. The maximum atomic E-state index is 14.2. The van der Waals surface area contributed by atoms with Gasteiger partial charge in [-0.05, 0) is 86.7 Å². The third-order valence-electron chi connectivity index (χ3n) is 13.1. The summed E-state index contributed by atoms with van der Waals surface area (Å²) in [6.45, 7) is 10.00. The molecule has 0 bridgehead atoms. The number of Topliss-reactive ketones (excluding diaryl/α,β-unsaturated/α-hetero) is 1. The molecule has 4 fully saturated rings. The summed E-state index contributed by atoms with van der Waals surface area (Å²) in [7, 11) is 0. The van der Waals surface area contributed by atoms with E-state index in [0.29, 0.717) is 18.8 Å². The van der Waals surface area contributed by atoms with Crippen LogP contribution in [0.15, 0.2) is 11.8 Å². The fraction of sp³-hybridized carbons (Fsp3) is 0.778. The molecule has 0 aromatic carbocycles. The van der Waals surface area contributed by atoms with Gasteiger partial charge in [-0.25, -0.2) is 0 Å². The van der Waals surface area contributed by atoms with Gasteiger partial charge in [0.15, 0.2) is 12.2 Å². The monoisotopic (exact) mass is 720 g/mol. The van der Waals surface area contributed by atoms with Crippen LogP contribution in [0.25, 0.3) is 6.08 Å². The number of hydrogen-bond acceptors (Lipinski definition) is 7. The molecule has 46 heavy (non-hydrogen) atoms. The van der Waals surface area contributed by atoms with Gasteiger partial charge in [0, 0.05) is 41.5 Å². The Kier molecular flexibility index (Phi) is 9.15. The van der Waals surface area contributed by atoms with Gasteiger partial charge < -0.3 is 14.6 Å². The van der Waals surface area contributed by atoms with Gasteiger partial charge in [0.2, 0.25) is 5.78 Å². The van der Waals surface area contributed by atoms with Gasteiger partial charge in [-0.15, -0.1) is 11.6 Å². The van der Waals surface area contributed by atoms with Crippen molar-refractivity contribution in [2.75, 3.05) is 11.9 Å². The number of carbonyl (C=O) groups excluding carboxylic acids is 3. The number of carbonyl (C=O) groups is 3. The second-order valence-corrected chi connectivity index (χ2v) is 16.7. The zero-order chi connectivity index (χ0) is 33.2. The van der Waals surface area contributed by atoms with Crippen molar-refractivity contribution in [3.05, 3.63) is 23.0 Å². The number of alkyl halides is 2. The summed E-state index contributed by atoms with van der Waals surface area (Å²) in [4.78, 5) is 38.2. The third kappa shape index (κ3) is 4.90. The predicted octanol–water partition coefficient (Wildman–Crippen LogP) is 6.67. The van der Waals surface area contributed by atoms with E-state index < -0.39 is 51.7 Å². The molecule has 254 valence electrons. The Morgan fingerprint density at radius 3 is 2.48 bits per heavy atom. The van der Waals surface area contributed by atoms with Gasteiger partial charge in [0.1, 0.15) is 0 Å². The number of aliphatic hydroxyl groups is 1. The average molecular weight is 722 g/mol. The Labute approximate surface area is 286 Å². The number of aliphatic hydroxyl groups excluding tert-OH is 1. The highest BCUT2D eigenvalue weighted by Crippen LogP contribution is 2.72. The molecule has 1 aromatic rings. The van der Waals surface area contributed by atoms with Crippen LogP contribution in [0.3, 0.4) is 0 Å². The fourth-order valence-electron chi connectivity index (χ4n) is 10.8. The number of rotatable bonds is 9. The van der Waals surface area contributed by atoms with Crippen LogP contribution in [0, 0.1) is 40.4 Å². The Morgan fingerprint density at radius 1 is 1.09 bits per heavy atom. The number of ether oxygens (including phenoxy) is 2. The standard InChI is InChI=1S/C36H50BrClN2O6/c1-6-31(43)45-20-30(42)36(46-32(44)7-2)21(3)12-27-26-11-10-25-14-28-24(18-39-40(28)19-23-9-8-22(13-23)17-37)15-33(25,4)35(26,38)29(41)16-34(27,36)5/h14,18,21-23,26-27,29,41H,6-13,15-17,19-20H2,1-5H3/t21-,22?,23?,26-,27-,29-,33-,34-,35-,36+/m0/s1. The van der Waals surface area contributed by atoms with Gasteiger partial charge in [0.25, 0.3) is 0 Å². The molecule has 1 N–H and O–H groups in total. The molecular weight excluding hydrogens is 672 g/mol. The first-order valence-electron chi connectivity index (χ1n) is 17.4. The lowest BCUT2D eigenvalue weighted by molar-refractivity contribution is -0.204. The molecule has 8 nitrogen and oxygen atoms in total. The van der Waals surface area contributed by atoms with Crippen molar-refractivity contribution < 1.29 is 29.0 Å². The largest absolute Gasteiger partial charge is 0.457 e. The van der Waals surface area contributed by atoms with Crippen LogP contribution in [0.1, 0.15) is 104 Å². The highest BCUT2D eigenvalue weighted by molar-refractivity contribution is 9.09. The molecule has 1 aromatic heterocycles. The lowest BCUT2D eigenvalue weighted by Crippen LogP contribution is -2.70. The van der Waals surface area contributed by atoms with Crippen molar-refractivity contribution in [3.63, 3.8) is 0 Å². The zero-order valence-corrected chi connectivity index (χ0v) is 30.3. The van der Waals surface area contributed by atoms with E-state index in [0.717, 1.165) is 30.6 Å². The topological polar surface area (TPSA) is 108 Å². The number of halogens is 2. The number of ketones is 1. The molecule has 5 aliphatic rings. The lowest BCUT2D eigenvalue weighted by Gasteiger charge is -2.65. The van der Waals surface area contributed by atoms with Crippen molar-refractivity contribution >= 4 is 51.3 Å². The summed E-state index contributed by atoms with van der Waals surface area (Å²) < 4.78 is 13.7. The summed E-state index contributed by atoms with van der Waals surface area (Å²) in [5.41, 5.74) is 0.688. The van der Waals surface area contributed by atoms with Gasteiger partial charge in [0.05, 0.1) is 22.9 Å². The van der Waals surface area contributed by atoms with Crippen LogP contribution >= 0.6 is 27.5 Å². The van der Waals surface area contributed by atoms with E-state index in [1.54, 1.807) is 13.8 Å². The smallest absolute Gasteiger partial charge is 0.306 e. The van der Waals surface area contributed by atoms with Crippen molar-refractivity contribution in [2.24, 2.45) is 40.4 Å². The van der Waals surface area contributed by atoms with Gasteiger partial charge in [-0.3, -0.25) is 19.1 Å². The lowest BCUT2D eigenvalue weighted by atomic mass is 9.44. The summed E-state index contributed by atoms with van der Waals surface area (Å²) in [5, 5.41) is 18.2. The average Bonchev–Trinajstić information content (AvgIpc) is 3.71. The fourth-order valence-corrected chi connectivity index (χ4v) is 11.9. The Morgan fingerprint density at radius 2 is 1.80 bits per heavy atom. The molecule has 5 aliphatic carbocycles. The van der Waals surface area contributed by atoms with Crippen molar-refractivity contribution in [3.8, 4) is 0 Å². The maximum Gasteiger partial charge on any atom is 0.306 e. The molecule has 0 saturated heterocycles. The number of allylic oxidation sites excluding steroid dienone is 1. The van der Waals surface area contributed by atoms with Crippen LogP contribution in [0.4, 0.5) is 0 Å². The summed E-state index contributed by atoms with van der Waals surface area (Å²) in [6, 6.07) is 0. The summed E-state index contributed by atoms with van der Waals surface area (Å²) >= 11 is 11.6. The number of hydrogen-bond donors (Lipinski definition) is 1. The second kappa shape index (κ2) is 12.3. The van der Waals surface area contributed by atoms with Crippen LogP contribution in [0.5, 0.6) is 0 Å². The maximum absolute atomic E-state index is 14.2. The Bertz CT molecular complexity index is 1430. The number of esters is 2. The Balaban J connectivity index is 1.33. The zero-order valence-electron chi connectivity index (χ0n) is 28.0. The Hall–Kier alpha value is -1.71. The normalized spacial score (nSPS) is 41.1. The molecule has 10 heteroatoms. The number of nitrogens with zero attached hydrogens (tertiary/aromatic N) is 2. The molecule has 0 aliphatic heterocycles. The third-order valence-corrected chi connectivity index (χ3v) is 15.0. The minimum absolute atomic E-state index is 0.0777. The van der Waals surface area contributed by atoms with Crippen LogP contribution in [-0.2, 0) is 36.8 Å². The van der Waals surface area contributed by atoms with E-state index in [1.165, 1.54) is 36.1 Å². The van der Waals surface area contributed by atoms with E-state index in [9.17, 15) is 19.5 Å². The SMILES string of the molecule is CCC(=O)OCC(=O)[C@]1(OC(=O)CC)[C@@H](C)C[C@H]2[C@@H]3CCC4=Cc5c(cnn5CC5CCC(CBr)C5)C[C@]4(C)[C@@]3(Cl)[C@@H](O)C[C@@]21C. The molecule has 4 saturated carbocycles. The molecule has 0 radical (unpaired) electrons. The highest BCUT2D eigenvalue weighted by Gasteiger charge is 2.76. The van der Waals surface area contributed by atoms with Crippen LogP contribution in [-0.4, -0.2) is 61.1 Å². The van der Waals surface area contributed by atoms with Gasteiger partial charge in [-0.1, -0.05) is 56.1 Å². The minimum Gasteiger partial charge on any atom is -0.457 e. The summed E-state index contributed by atoms with van der Waals surface area (Å²) in [5.74, 6) is -0.519. The van der Waals surface area contributed by atoms with Crippen molar-refractivity contribution in [1.29, 1.82) is 0 Å². The van der Waals surface area contributed by atoms with E-state index in [1.807, 2.05) is 20.0 Å². The van der Waals surface area contributed by atoms with Gasteiger partial charge in [-0.2, -0.15) is 5.10 Å². The second-order valence-electron chi connectivity index (χ2n) is 15.4. The number of fused-ring (bicyclic) bond motifs is 6. The molecule has 1 heterocycles. The van der Waals surface area contributed by atoms with Crippen molar-refractivity contribution in [1.82, 2.24) is 9.78 Å². The first-order valence-corrected chi connectivity index (χ1v) is 18.9. The highest BCUT2D eigenvalue weighted by atomic mass is 79.9. The molecule has 0 spiro atoms. The minimum atomic E-state index is -1.52. The quantitative estimate of drug-likeness (QED) is 0.224. The molecule has 10 atom stereocenters. The van der Waals surface area contributed by atoms with E-state index in [4.69, 9.17) is 26.2 Å². The summed E-state index contributed by atoms with van der Waals surface area (Å²) in [6.07, 6.45) is 10.5. The molecule has 6 rings (SSSR count). The van der Waals surface area contributed by atoms with Gasteiger partial charge >= 0.3 is 11.9 Å². The number of aromatic nitrogens is 2. The first-order chi connectivity index (χ1) is 21.8.